The number of primary amides is 1. The van der Waals surface area contributed by atoms with Crippen LogP contribution in [0.1, 0.15) is 49.8 Å². The van der Waals surface area contributed by atoms with Crippen molar-refractivity contribution >= 4 is 59.6 Å². The molecule has 2 fully saturated rings. The molecule has 1 amide bonds. The van der Waals surface area contributed by atoms with Crippen LogP contribution in [-0.4, -0.2) is 85.5 Å². The number of likely N-dealkylation sites (N-methyl/N-ethyl adjacent to an activating group) is 1. The Morgan fingerprint density at radius 2 is 1.73 bits per heavy atom. The maximum atomic E-state index is 13.9. The van der Waals surface area contributed by atoms with E-state index in [0.717, 1.165) is 12.8 Å². The number of carbonyl (C=O) groups excluding carboxylic acids is 3. The predicted octanol–water partition coefficient (Wildman–Crippen LogP) is 2.83. The van der Waals surface area contributed by atoms with Crippen molar-refractivity contribution in [3.05, 3.63) is 44.7 Å². The normalized spacial score (nSPS) is 31.3. The van der Waals surface area contributed by atoms with E-state index in [1.165, 1.54) is 11.0 Å². The number of rotatable bonds is 4. The Balaban J connectivity index is 0.00000231. The van der Waals surface area contributed by atoms with E-state index in [0.29, 0.717) is 34.8 Å². The number of hydrogen-bond acceptors (Lipinski definition) is 9. The molecule has 0 radical (unpaired) electrons. The largest absolute Gasteiger partial charge is 0.508 e. The number of phenolic OH excluding ortho intramolecular Hbond substituents is 1. The van der Waals surface area contributed by atoms with Gasteiger partial charge in [-0.15, -0.1) is 24.8 Å². The van der Waals surface area contributed by atoms with Crippen molar-refractivity contribution in [2.24, 2.45) is 17.6 Å². The molecular formula is C28H36Cl3N3O7. The summed E-state index contributed by atoms with van der Waals surface area (Å²) in [6.07, 6.45) is 2.30. The van der Waals surface area contributed by atoms with Gasteiger partial charge in [0.2, 0.25) is 5.78 Å². The molecule has 13 heteroatoms. The summed E-state index contributed by atoms with van der Waals surface area (Å²) in [5.41, 5.74) is 2.85. The Morgan fingerprint density at radius 1 is 1.15 bits per heavy atom. The van der Waals surface area contributed by atoms with Crippen molar-refractivity contribution in [3.63, 3.8) is 0 Å². The number of likely N-dealkylation sites (tertiary alicyclic amines) is 1. The van der Waals surface area contributed by atoms with Gasteiger partial charge in [-0.2, -0.15) is 0 Å². The van der Waals surface area contributed by atoms with Gasteiger partial charge >= 0.3 is 0 Å². The maximum absolute atomic E-state index is 13.9. The number of benzene rings is 1. The molecule has 1 saturated heterocycles. The number of aromatic hydroxyl groups is 1. The Kier molecular flexibility index (Phi) is 9.21. The second-order valence-electron chi connectivity index (χ2n) is 11.6. The van der Waals surface area contributed by atoms with Crippen LogP contribution in [0.2, 0.25) is 5.02 Å². The van der Waals surface area contributed by atoms with Crippen LogP contribution in [0.15, 0.2) is 23.0 Å². The summed E-state index contributed by atoms with van der Waals surface area (Å²) in [5, 5.41) is 45.3. The molecule has 6 atom stereocenters. The highest BCUT2D eigenvalue weighted by atomic mass is 35.5. The second kappa shape index (κ2) is 11.4. The minimum absolute atomic E-state index is 0. The zero-order valence-electron chi connectivity index (χ0n) is 23.2. The number of nitrogens with zero attached hydrogens (tertiary/aromatic N) is 2. The summed E-state index contributed by atoms with van der Waals surface area (Å²) in [5.74, 6) is -6.78. The minimum atomic E-state index is -2.66. The Bertz CT molecular complexity index is 1370. The summed E-state index contributed by atoms with van der Waals surface area (Å²) < 4.78 is 0. The van der Waals surface area contributed by atoms with Crippen LogP contribution in [0.4, 0.5) is 0 Å². The number of aliphatic hydroxyl groups is 3. The van der Waals surface area contributed by atoms with Crippen molar-refractivity contribution in [2.75, 3.05) is 14.1 Å². The highest BCUT2D eigenvalue weighted by Gasteiger charge is 2.64. The molecular weight excluding hydrogens is 597 g/mol. The number of carbonyl (C=O) groups is 3. The third-order valence-corrected chi connectivity index (χ3v) is 9.69. The second-order valence-corrected chi connectivity index (χ2v) is 12.0. The molecule has 5 rings (SSSR count). The number of amides is 1. The first-order valence-electron chi connectivity index (χ1n) is 13.1. The van der Waals surface area contributed by atoms with Gasteiger partial charge in [-0.05, 0) is 76.7 Å². The van der Waals surface area contributed by atoms with Gasteiger partial charge in [-0.3, -0.25) is 24.2 Å². The van der Waals surface area contributed by atoms with E-state index < -0.39 is 58.0 Å². The molecule has 1 heterocycles. The number of aliphatic hydroxyl groups excluding tert-OH is 2. The molecule has 0 spiro atoms. The lowest BCUT2D eigenvalue weighted by molar-refractivity contribution is -0.153. The van der Waals surface area contributed by atoms with Gasteiger partial charge < -0.3 is 26.2 Å². The molecule has 1 aromatic carbocycles. The number of fused-ring (bicyclic) bond motifs is 3. The molecule has 1 aromatic rings. The van der Waals surface area contributed by atoms with E-state index >= 15 is 0 Å². The maximum Gasteiger partial charge on any atom is 0.255 e. The number of hydrogen-bond donors (Lipinski definition) is 5. The lowest BCUT2D eigenvalue weighted by Gasteiger charge is -2.50. The average molecular weight is 633 g/mol. The first-order valence-corrected chi connectivity index (χ1v) is 13.5. The van der Waals surface area contributed by atoms with Crippen LogP contribution < -0.4 is 5.73 Å². The van der Waals surface area contributed by atoms with Gasteiger partial charge in [0.25, 0.3) is 5.91 Å². The molecule has 10 nitrogen and oxygen atoms in total. The lowest BCUT2D eigenvalue weighted by atomic mass is 9.57. The molecule has 1 aliphatic heterocycles. The molecule has 3 aliphatic carbocycles. The number of phenols is 1. The van der Waals surface area contributed by atoms with Gasteiger partial charge in [0.15, 0.2) is 11.4 Å². The number of Topliss-reactive ketones (excluding diaryl/α,β-unsaturated/α-hetero) is 2. The first kappa shape index (κ1) is 33.2. The molecule has 41 heavy (non-hydrogen) atoms. The van der Waals surface area contributed by atoms with Crippen molar-refractivity contribution in [1.82, 2.24) is 9.80 Å². The first-order chi connectivity index (χ1) is 18.2. The molecule has 1 saturated carbocycles. The standard InChI is InChI=1S/C28H34ClN3O7.2ClH/c1-11-5-6-12(2)32(11)10-14-9-17(33)19-15(21(14)29)7-13-8-16-22(31(3)4)24(35)20(27(30)38)26(37)28(16,39)25(36)18(13)23(19)34;;/h9,11-13,16,22,33-34,37,39H,5-8,10H2,1-4H3,(H2,30,38);2*1H/t11-,12-,13-,16-,22-,28-;;/m0../s1. The van der Waals surface area contributed by atoms with Gasteiger partial charge in [-0.25, -0.2) is 0 Å². The molecule has 0 bridgehead atoms. The Labute approximate surface area is 255 Å². The van der Waals surface area contributed by atoms with E-state index in [4.69, 9.17) is 17.3 Å². The molecule has 226 valence electrons. The summed E-state index contributed by atoms with van der Waals surface area (Å²) in [4.78, 5) is 43.0. The monoisotopic (exact) mass is 631 g/mol. The zero-order valence-corrected chi connectivity index (χ0v) is 25.6. The smallest absolute Gasteiger partial charge is 0.255 e. The number of nitrogens with two attached hydrogens (primary N) is 1. The van der Waals surface area contributed by atoms with E-state index in [1.54, 1.807) is 14.1 Å². The SMILES string of the molecule is C[C@H]1CC[C@H](C)N1Cc1cc(O)c2c(c1Cl)C[C@H]1C[C@H]3[C@H](N(C)C)C(=O)C(C(N)=O)=C(O)[C@@]3(O)C(=O)C1=C2O.Cl.Cl. The van der Waals surface area contributed by atoms with E-state index in [9.17, 15) is 34.8 Å². The topological polar surface area (TPSA) is 165 Å². The van der Waals surface area contributed by atoms with Gasteiger partial charge in [0, 0.05) is 35.1 Å². The van der Waals surface area contributed by atoms with Crippen molar-refractivity contribution < 1.29 is 34.8 Å². The third kappa shape index (κ3) is 4.73. The van der Waals surface area contributed by atoms with E-state index in [1.807, 2.05) is 0 Å². The van der Waals surface area contributed by atoms with Crippen molar-refractivity contribution in [3.8, 4) is 5.75 Å². The van der Waals surface area contributed by atoms with Gasteiger partial charge in [-0.1, -0.05) is 11.6 Å². The zero-order chi connectivity index (χ0) is 28.7. The molecule has 6 N–H and O–H groups in total. The van der Waals surface area contributed by atoms with Crippen LogP contribution in [0.5, 0.6) is 5.75 Å². The van der Waals surface area contributed by atoms with Crippen LogP contribution in [0.3, 0.4) is 0 Å². The van der Waals surface area contributed by atoms with Crippen LogP contribution in [0, 0.1) is 11.8 Å². The fourth-order valence-corrected chi connectivity index (χ4v) is 7.50. The van der Waals surface area contributed by atoms with Crippen LogP contribution in [-0.2, 0) is 27.3 Å². The Hall–Kier alpha value is -2.34. The fraction of sp³-hybridized carbons (Fsp3) is 0.536. The fourth-order valence-electron chi connectivity index (χ4n) is 7.22. The van der Waals surface area contributed by atoms with Crippen LogP contribution in [0.25, 0.3) is 5.76 Å². The van der Waals surface area contributed by atoms with E-state index in [-0.39, 0.29) is 54.5 Å². The number of ketones is 2. The summed E-state index contributed by atoms with van der Waals surface area (Å²) in [6.45, 7) is 4.80. The van der Waals surface area contributed by atoms with Gasteiger partial charge in [0.1, 0.15) is 22.8 Å². The Morgan fingerprint density at radius 3 is 2.27 bits per heavy atom. The van der Waals surface area contributed by atoms with Crippen LogP contribution >= 0.6 is 36.4 Å². The number of halogens is 3. The molecule has 0 aromatic heterocycles. The summed E-state index contributed by atoms with van der Waals surface area (Å²) in [6, 6.07) is 1.06. The summed E-state index contributed by atoms with van der Waals surface area (Å²) >= 11 is 6.88. The predicted molar refractivity (Wildman–Crippen MR) is 157 cm³/mol. The quantitative estimate of drug-likeness (QED) is 0.314. The van der Waals surface area contributed by atoms with Gasteiger partial charge in [0.05, 0.1) is 11.6 Å². The van der Waals surface area contributed by atoms with Crippen molar-refractivity contribution in [1.29, 1.82) is 0 Å². The molecule has 0 unspecified atom stereocenters. The molecule has 4 aliphatic rings. The highest BCUT2D eigenvalue weighted by Crippen LogP contribution is 2.53. The minimum Gasteiger partial charge on any atom is -0.508 e. The van der Waals surface area contributed by atoms with Crippen molar-refractivity contribution in [2.45, 2.75) is 69.8 Å². The third-order valence-electron chi connectivity index (χ3n) is 9.22. The van der Waals surface area contributed by atoms with E-state index in [2.05, 4.69) is 18.7 Å². The average Bonchev–Trinajstić information content (AvgIpc) is 3.16. The lowest BCUT2D eigenvalue weighted by Crippen LogP contribution is -2.65. The highest BCUT2D eigenvalue weighted by molar-refractivity contribution is 6.32. The summed E-state index contributed by atoms with van der Waals surface area (Å²) in [7, 11) is 3.13.